The van der Waals surface area contributed by atoms with Crippen LogP contribution in [0.3, 0.4) is 0 Å². The maximum Gasteiger partial charge on any atom is 0.230 e. The van der Waals surface area contributed by atoms with Crippen molar-refractivity contribution in [3.05, 3.63) is 41.0 Å². The molecule has 0 amide bonds. The summed E-state index contributed by atoms with van der Waals surface area (Å²) in [4.78, 5) is 8.07. The van der Waals surface area contributed by atoms with Crippen molar-refractivity contribution >= 4 is 16.3 Å². The molecule has 3 heterocycles. The predicted molar refractivity (Wildman–Crippen MR) is 94.4 cm³/mol. The molecule has 4 rings (SSSR count). The second-order valence-corrected chi connectivity index (χ2v) is 6.81. The number of hydrogen-bond donors (Lipinski definition) is 1. The Balaban J connectivity index is 1.75. The van der Waals surface area contributed by atoms with Crippen LogP contribution in [0.4, 0.5) is 0 Å². The van der Waals surface area contributed by atoms with Gasteiger partial charge >= 0.3 is 0 Å². The number of ether oxygens (including phenoxy) is 2. The minimum atomic E-state index is -0.0620. The lowest BCUT2D eigenvalue weighted by molar-refractivity contribution is 0.0241. The Kier molecular flexibility index (Phi) is 4.56. The Morgan fingerprint density at radius 3 is 2.72 bits per heavy atom. The Labute approximate surface area is 149 Å². The molecule has 1 aromatic carbocycles. The van der Waals surface area contributed by atoms with Crippen molar-refractivity contribution in [2.24, 2.45) is 0 Å². The fourth-order valence-electron chi connectivity index (χ4n) is 3.15. The van der Waals surface area contributed by atoms with Crippen molar-refractivity contribution in [2.75, 3.05) is 32.9 Å². The molecule has 2 aromatic heterocycles. The SMILES string of the molecule is CCOc1ccc(C(c2sc3ncnn3c2O)N2CCOCC2)cc1. The van der Waals surface area contributed by atoms with E-state index in [-0.39, 0.29) is 11.9 Å². The minimum Gasteiger partial charge on any atom is -0.494 e. The molecule has 1 aliphatic rings. The highest BCUT2D eigenvalue weighted by Gasteiger charge is 2.30. The minimum absolute atomic E-state index is 0.0620. The maximum atomic E-state index is 10.7. The number of fused-ring (bicyclic) bond motifs is 1. The van der Waals surface area contributed by atoms with Crippen LogP contribution in [0.1, 0.15) is 23.4 Å². The summed E-state index contributed by atoms with van der Waals surface area (Å²) >= 11 is 1.47. The molecule has 0 bridgehead atoms. The van der Waals surface area contributed by atoms with Crippen molar-refractivity contribution in [3.63, 3.8) is 0 Å². The molecule has 0 spiro atoms. The summed E-state index contributed by atoms with van der Waals surface area (Å²) in [6.45, 7) is 5.61. The van der Waals surface area contributed by atoms with Crippen molar-refractivity contribution in [1.29, 1.82) is 0 Å². The van der Waals surface area contributed by atoms with Gasteiger partial charge in [-0.1, -0.05) is 23.5 Å². The molecule has 1 unspecified atom stereocenters. The van der Waals surface area contributed by atoms with E-state index in [0.717, 1.165) is 29.3 Å². The topological polar surface area (TPSA) is 72.1 Å². The summed E-state index contributed by atoms with van der Waals surface area (Å²) in [5, 5.41) is 14.8. The van der Waals surface area contributed by atoms with Gasteiger partial charge in [0.2, 0.25) is 10.8 Å². The van der Waals surface area contributed by atoms with Gasteiger partial charge in [-0.15, -0.1) is 0 Å². The number of aromatic nitrogens is 3. The van der Waals surface area contributed by atoms with E-state index in [2.05, 4.69) is 27.1 Å². The maximum absolute atomic E-state index is 10.7. The van der Waals surface area contributed by atoms with Gasteiger partial charge < -0.3 is 14.6 Å². The van der Waals surface area contributed by atoms with Crippen LogP contribution in [0.5, 0.6) is 11.6 Å². The largest absolute Gasteiger partial charge is 0.494 e. The van der Waals surface area contributed by atoms with Crippen LogP contribution in [0.25, 0.3) is 4.96 Å². The molecule has 8 heteroatoms. The monoisotopic (exact) mass is 360 g/mol. The van der Waals surface area contributed by atoms with E-state index in [1.165, 1.54) is 22.2 Å². The van der Waals surface area contributed by atoms with Gasteiger partial charge in [-0.05, 0) is 24.6 Å². The van der Waals surface area contributed by atoms with Gasteiger partial charge in [0, 0.05) is 13.1 Å². The molecular formula is C17H20N4O3S. The lowest BCUT2D eigenvalue weighted by Crippen LogP contribution is -2.39. The Morgan fingerprint density at radius 1 is 1.28 bits per heavy atom. The summed E-state index contributed by atoms with van der Waals surface area (Å²) in [6.07, 6.45) is 1.45. The summed E-state index contributed by atoms with van der Waals surface area (Å²) < 4.78 is 12.5. The highest BCUT2D eigenvalue weighted by molar-refractivity contribution is 7.17. The third-order valence-corrected chi connectivity index (χ3v) is 5.39. The highest BCUT2D eigenvalue weighted by Crippen LogP contribution is 2.40. The zero-order chi connectivity index (χ0) is 17.2. The third-order valence-electron chi connectivity index (χ3n) is 4.30. The van der Waals surface area contributed by atoms with Gasteiger partial charge in [0.25, 0.3) is 0 Å². The molecule has 25 heavy (non-hydrogen) atoms. The van der Waals surface area contributed by atoms with Gasteiger partial charge in [-0.2, -0.15) is 9.61 Å². The lowest BCUT2D eigenvalue weighted by atomic mass is 10.0. The molecule has 1 atom stereocenters. The number of nitrogens with zero attached hydrogens (tertiary/aromatic N) is 4. The van der Waals surface area contributed by atoms with E-state index >= 15 is 0 Å². The fraction of sp³-hybridized carbons (Fsp3) is 0.412. The number of thiazole rings is 1. The summed E-state index contributed by atoms with van der Waals surface area (Å²) in [7, 11) is 0. The van der Waals surface area contributed by atoms with Gasteiger partial charge in [-0.3, -0.25) is 4.90 Å². The van der Waals surface area contributed by atoms with Gasteiger partial charge in [0.15, 0.2) is 0 Å². The van der Waals surface area contributed by atoms with Crippen molar-refractivity contribution < 1.29 is 14.6 Å². The summed E-state index contributed by atoms with van der Waals surface area (Å²) in [5.74, 6) is 1.00. The van der Waals surface area contributed by atoms with Crippen molar-refractivity contribution in [2.45, 2.75) is 13.0 Å². The first kappa shape index (κ1) is 16.3. The molecule has 0 radical (unpaired) electrons. The molecule has 1 saturated heterocycles. The van der Waals surface area contributed by atoms with Crippen LogP contribution < -0.4 is 4.74 Å². The first-order valence-corrected chi connectivity index (χ1v) is 9.15. The Hall–Kier alpha value is -2.16. The highest BCUT2D eigenvalue weighted by atomic mass is 32.1. The summed E-state index contributed by atoms with van der Waals surface area (Å²) in [6, 6.07) is 8.00. The zero-order valence-electron chi connectivity index (χ0n) is 14.0. The Morgan fingerprint density at radius 2 is 2.04 bits per heavy atom. The smallest absolute Gasteiger partial charge is 0.230 e. The third kappa shape index (κ3) is 3.08. The number of rotatable bonds is 5. The first-order chi connectivity index (χ1) is 12.3. The van der Waals surface area contributed by atoms with E-state index in [1.54, 1.807) is 0 Å². The fourth-order valence-corrected chi connectivity index (χ4v) is 4.24. The molecule has 132 valence electrons. The zero-order valence-corrected chi connectivity index (χ0v) is 14.8. The molecule has 7 nitrogen and oxygen atoms in total. The van der Waals surface area contributed by atoms with Crippen LogP contribution in [0, 0.1) is 0 Å². The first-order valence-electron chi connectivity index (χ1n) is 8.34. The van der Waals surface area contributed by atoms with E-state index in [9.17, 15) is 5.11 Å². The quantitative estimate of drug-likeness (QED) is 0.753. The number of morpholine rings is 1. The standard InChI is InChI=1S/C17H20N4O3S/c1-2-24-13-5-3-12(4-6-13)14(20-7-9-23-10-8-20)15-16(22)21-17(25-15)18-11-19-21/h3-6,11,14,22H,2,7-10H2,1H3. The Bertz CT molecular complexity index is 839. The predicted octanol–water partition coefficient (Wildman–Crippen LogP) is 2.32. The number of benzene rings is 1. The molecular weight excluding hydrogens is 340 g/mol. The van der Waals surface area contributed by atoms with Crippen LogP contribution in [-0.2, 0) is 4.74 Å². The molecule has 0 saturated carbocycles. The van der Waals surface area contributed by atoms with Gasteiger partial charge in [0.05, 0.1) is 30.7 Å². The molecule has 3 aromatic rings. The second-order valence-electron chi connectivity index (χ2n) is 5.80. The lowest BCUT2D eigenvalue weighted by Gasteiger charge is -2.34. The average Bonchev–Trinajstić information content (AvgIpc) is 3.22. The second kappa shape index (κ2) is 6.99. The van der Waals surface area contributed by atoms with E-state index in [0.29, 0.717) is 24.8 Å². The van der Waals surface area contributed by atoms with E-state index in [4.69, 9.17) is 9.47 Å². The van der Waals surface area contributed by atoms with Gasteiger partial charge in [0.1, 0.15) is 12.1 Å². The van der Waals surface area contributed by atoms with E-state index in [1.807, 2.05) is 19.1 Å². The normalized spacial score (nSPS) is 17.0. The van der Waals surface area contributed by atoms with Crippen LogP contribution in [0.2, 0.25) is 0 Å². The van der Waals surface area contributed by atoms with Crippen LogP contribution in [0.15, 0.2) is 30.6 Å². The van der Waals surface area contributed by atoms with Crippen molar-refractivity contribution in [1.82, 2.24) is 19.5 Å². The van der Waals surface area contributed by atoms with Crippen LogP contribution in [-0.4, -0.2) is 57.5 Å². The number of hydrogen-bond acceptors (Lipinski definition) is 7. The number of aromatic hydroxyl groups is 1. The summed E-state index contributed by atoms with van der Waals surface area (Å²) in [5.41, 5.74) is 1.10. The van der Waals surface area contributed by atoms with Crippen LogP contribution >= 0.6 is 11.3 Å². The average molecular weight is 360 g/mol. The van der Waals surface area contributed by atoms with Gasteiger partial charge in [-0.25, -0.2) is 4.98 Å². The molecule has 0 aliphatic carbocycles. The molecule has 1 aliphatic heterocycles. The molecule has 1 N–H and O–H groups in total. The molecule has 1 fully saturated rings. The van der Waals surface area contributed by atoms with Crippen molar-refractivity contribution in [3.8, 4) is 11.6 Å². The van der Waals surface area contributed by atoms with E-state index < -0.39 is 0 Å².